The van der Waals surface area contributed by atoms with Crippen LogP contribution < -0.4 is 5.32 Å². The molecule has 0 saturated carbocycles. The Bertz CT molecular complexity index is 1150. The smallest absolute Gasteiger partial charge is 0.179 e. The van der Waals surface area contributed by atoms with Crippen LogP contribution in [0.2, 0.25) is 0 Å². The van der Waals surface area contributed by atoms with Gasteiger partial charge in [-0.25, -0.2) is 9.97 Å². The van der Waals surface area contributed by atoms with Gasteiger partial charge in [-0.2, -0.15) is 0 Å². The van der Waals surface area contributed by atoms with E-state index in [1.54, 1.807) is 0 Å². The van der Waals surface area contributed by atoms with Gasteiger partial charge in [0.2, 0.25) is 0 Å². The van der Waals surface area contributed by atoms with E-state index in [1.807, 2.05) is 30.3 Å². The Labute approximate surface area is 178 Å². The highest BCUT2D eigenvalue weighted by Crippen LogP contribution is 2.34. The zero-order valence-electron chi connectivity index (χ0n) is 16.3. The highest BCUT2D eigenvalue weighted by molar-refractivity contribution is 9.10. The summed E-state index contributed by atoms with van der Waals surface area (Å²) in [6.45, 7) is 4.34. The Balaban J connectivity index is 1.49. The van der Waals surface area contributed by atoms with Crippen LogP contribution in [0.4, 0.5) is 5.82 Å². The number of halogens is 1. The van der Waals surface area contributed by atoms with Crippen LogP contribution in [0.1, 0.15) is 19.3 Å². The fourth-order valence-electron chi connectivity index (χ4n) is 4.10. The number of anilines is 1. The van der Waals surface area contributed by atoms with Gasteiger partial charge in [-0.3, -0.25) is 0 Å². The number of fused-ring (bicyclic) bond motifs is 2. The van der Waals surface area contributed by atoms with Crippen molar-refractivity contribution < 1.29 is 0 Å². The van der Waals surface area contributed by atoms with E-state index in [1.165, 1.54) is 32.4 Å². The van der Waals surface area contributed by atoms with Crippen molar-refractivity contribution in [2.45, 2.75) is 19.3 Å². The van der Waals surface area contributed by atoms with Gasteiger partial charge in [0, 0.05) is 29.4 Å². The average Bonchev–Trinajstić information content (AvgIpc) is 3.11. The maximum absolute atomic E-state index is 4.91. The minimum Gasteiger partial charge on any atom is -0.368 e. The van der Waals surface area contributed by atoms with Crippen molar-refractivity contribution in [1.82, 2.24) is 19.9 Å². The number of nitrogens with one attached hydrogen (secondary N) is 2. The van der Waals surface area contributed by atoms with Gasteiger partial charge in [0.15, 0.2) is 5.82 Å². The van der Waals surface area contributed by atoms with Crippen LogP contribution in [0.3, 0.4) is 0 Å². The van der Waals surface area contributed by atoms with Crippen LogP contribution >= 0.6 is 15.9 Å². The summed E-state index contributed by atoms with van der Waals surface area (Å²) in [5.74, 6) is 1.60. The molecule has 1 aliphatic heterocycles. The number of benzene rings is 2. The topological polar surface area (TPSA) is 56.8 Å². The molecule has 1 aliphatic rings. The van der Waals surface area contributed by atoms with Crippen molar-refractivity contribution in [3.05, 3.63) is 53.0 Å². The summed E-state index contributed by atoms with van der Waals surface area (Å²) in [5.41, 5.74) is 2.94. The van der Waals surface area contributed by atoms with Crippen molar-refractivity contribution in [2.24, 2.45) is 0 Å². The molecule has 2 N–H and O–H groups in total. The Kier molecular flexibility index (Phi) is 5.21. The van der Waals surface area contributed by atoms with Crippen LogP contribution in [0.15, 0.2) is 53.0 Å². The Hall–Kier alpha value is -2.44. The van der Waals surface area contributed by atoms with E-state index in [2.05, 4.69) is 49.3 Å². The summed E-state index contributed by atoms with van der Waals surface area (Å²) in [5, 5.41) is 5.77. The minimum absolute atomic E-state index is 0.701. The predicted octanol–water partition coefficient (Wildman–Crippen LogP) is 5.44. The molecular formula is C23H24BrN5. The van der Waals surface area contributed by atoms with Crippen molar-refractivity contribution in [3.8, 4) is 11.5 Å². The van der Waals surface area contributed by atoms with Gasteiger partial charge in [0.05, 0.1) is 15.7 Å². The van der Waals surface area contributed by atoms with Crippen LogP contribution in [-0.2, 0) is 0 Å². The molecule has 148 valence electrons. The molecule has 0 aliphatic carbocycles. The molecule has 4 aromatic rings. The highest BCUT2D eigenvalue weighted by Gasteiger charge is 2.16. The van der Waals surface area contributed by atoms with Crippen LogP contribution in [-0.4, -0.2) is 46.0 Å². The van der Waals surface area contributed by atoms with Crippen LogP contribution in [0.25, 0.3) is 33.3 Å². The number of aromatic amines is 1. The number of likely N-dealkylation sites (tertiary alicyclic amines) is 1. The minimum atomic E-state index is 0.701. The maximum atomic E-state index is 4.91. The molecule has 5 rings (SSSR count). The maximum Gasteiger partial charge on any atom is 0.179 e. The molecule has 0 unspecified atom stereocenters. The number of H-pyrrole nitrogens is 1. The van der Waals surface area contributed by atoms with Crippen LogP contribution in [0, 0.1) is 0 Å². The standard InChI is InChI=1S/C23H24BrN5/c24-20-16-8-2-4-10-18(16)26-21(20)23-27-19-11-5-3-9-17(19)22(28-23)25-12-15-29-13-6-1-7-14-29/h2-5,8-11,26H,1,6-7,12-15H2,(H,25,27,28). The number of hydrogen-bond donors (Lipinski definition) is 2. The molecule has 5 nitrogen and oxygen atoms in total. The fraction of sp³-hybridized carbons (Fsp3) is 0.304. The first-order valence-corrected chi connectivity index (χ1v) is 11.1. The number of aromatic nitrogens is 3. The summed E-state index contributed by atoms with van der Waals surface area (Å²) in [4.78, 5) is 15.8. The third-order valence-corrected chi connectivity index (χ3v) is 6.46. The first kappa shape index (κ1) is 18.6. The molecular weight excluding hydrogens is 426 g/mol. The summed E-state index contributed by atoms with van der Waals surface area (Å²) in [6.07, 6.45) is 3.99. The monoisotopic (exact) mass is 449 g/mol. The first-order chi connectivity index (χ1) is 14.3. The number of rotatable bonds is 5. The van der Waals surface area contributed by atoms with Crippen molar-refractivity contribution >= 4 is 43.6 Å². The van der Waals surface area contributed by atoms with Gasteiger partial charge >= 0.3 is 0 Å². The quantitative estimate of drug-likeness (QED) is 0.425. The van der Waals surface area contributed by atoms with Gasteiger partial charge in [-0.15, -0.1) is 0 Å². The van der Waals surface area contributed by atoms with E-state index in [9.17, 15) is 0 Å². The largest absolute Gasteiger partial charge is 0.368 e. The second-order valence-electron chi connectivity index (χ2n) is 7.60. The van der Waals surface area contributed by atoms with E-state index in [0.29, 0.717) is 5.82 Å². The van der Waals surface area contributed by atoms with Crippen molar-refractivity contribution in [2.75, 3.05) is 31.5 Å². The average molecular weight is 450 g/mol. The van der Waals surface area contributed by atoms with E-state index < -0.39 is 0 Å². The zero-order valence-corrected chi connectivity index (χ0v) is 17.9. The normalized spacial score (nSPS) is 15.2. The molecule has 0 spiro atoms. The summed E-state index contributed by atoms with van der Waals surface area (Å²) >= 11 is 3.74. The molecule has 0 atom stereocenters. The SMILES string of the molecule is Brc1c(-c2nc(NCCN3CCCCC3)c3ccccc3n2)[nH]c2ccccc12. The van der Waals surface area contributed by atoms with Gasteiger partial charge < -0.3 is 15.2 Å². The fourth-order valence-corrected chi connectivity index (χ4v) is 4.72. The number of para-hydroxylation sites is 2. The molecule has 2 aromatic heterocycles. The molecule has 1 fully saturated rings. The third kappa shape index (κ3) is 3.74. The summed E-state index contributed by atoms with van der Waals surface area (Å²) < 4.78 is 1.00. The van der Waals surface area contributed by atoms with E-state index in [0.717, 1.165) is 50.9 Å². The number of piperidine rings is 1. The predicted molar refractivity (Wildman–Crippen MR) is 123 cm³/mol. The lowest BCUT2D eigenvalue weighted by Gasteiger charge is -2.26. The molecule has 0 bridgehead atoms. The molecule has 1 saturated heterocycles. The molecule has 29 heavy (non-hydrogen) atoms. The van der Waals surface area contributed by atoms with Crippen molar-refractivity contribution in [3.63, 3.8) is 0 Å². The Morgan fingerprint density at radius 1 is 0.931 bits per heavy atom. The van der Waals surface area contributed by atoms with E-state index in [4.69, 9.17) is 9.97 Å². The van der Waals surface area contributed by atoms with E-state index in [-0.39, 0.29) is 0 Å². The number of nitrogens with zero attached hydrogens (tertiary/aromatic N) is 3. The first-order valence-electron chi connectivity index (χ1n) is 10.3. The lowest BCUT2D eigenvalue weighted by molar-refractivity contribution is 0.237. The molecule has 2 aromatic carbocycles. The van der Waals surface area contributed by atoms with Crippen LogP contribution in [0.5, 0.6) is 0 Å². The molecule has 3 heterocycles. The molecule has 6 heteroatoms. The number of hydrogen-bond acceptors (Lipinski definition) is 4. The lowest BCUT2D eigenvalue weighted by Crippen LogP contribution is -2.33. The summed E-state index contributed by atoms with van der Waals surface area (Å²) in [6, 6.07) is 16.4. The highest BCUT2D eigenvalue weighted by atomic mass is 79.9. The second kappa shape index (κ2) is 8.13. The van der Waals surface area contributed by atoms with Crippen molar-refractivity contribution in [1.29, 1.82) is 0 Å². The Morgan fingerprint density at radius 2 is 1.69 bits per heavy atom. The lowest BCUT2D eigenvalue weighted by atomic mass is 10.1. The molecule has 0 amide bonds. The van der Waals surface area contributed by atoms with E-state index >= 15 is 0 Å². The summed E-state index contributed by atoms with van der Waals surface area (Å²) in [7, 11) is 0. The second-order valence-corrected chi connectivity index (χ2v) is 8.39. The molecule has 0 radical (unpaired) electrons. The van der Waals surface area contributed by atoms with Gasteiger partial charge in [-0.1, -0.05) is 36.8 Å². The Morgan fingerprint density at radius 3 is 2.52 bits per heavy atom. The third-order valence-electron chi connectivity index (χ3n) is 5.64. The van der Waals surface area contributed by atoms with Gasteiger partial charge in [0.1, 0.15) is 5.82 Å². The zero-order chi connectivity index (χ0) is 19.6. The van der Waals surface area contributed by atoms with Gasteiger partial charge in [0.25, 0.3) is 0 Å². The van der Waals surface area contributed by atoms with Gasteiger partial charge in [-0.05, 0) is 60.1 Å².